The first-order valence-corrected chi connectivity index (χ1v) is 6.56. The highest BCUT2D eigenvalue weighted by atomic mass is 16.3. The minimum Gasteiger partial charge on any atom is -0.392 e. The van der Waals surface area contributed by atoms with Gasteiger partial charge in [0.25, 0.3) is 0 Å². The van der Waals surface area contributed by atoms with Crippen molar-refractivity contribution in [1.82, 2.24) is 4.98 Å². The first-order chi connectivity index (χ1) is 8.31. The Morgan fingerprint density at radius 3 is 2.82 bits per heavy atom. The lowest BCUT2D eigenvalue weighted by molar-refractivity contribution is 0.281. The van der Waals surface area contributed by atoms with Gasteiger partial charge in [-0.2, -0.15) is 0 Å². The van der Waals surface area contributed by atoms with Crippen LogP contribution in [0.25, 0.3) is 0 Å². The SMILES string of the molecule is CN(CC1CCCCC1)c1ccncc1CO. The average Bonchev–Trinajstić information content (AvgIpc) is 2.40. The number of hydrogen-bond acceptors (Lipinski definition) is 3. The van der Waals surface area contributed by atoms with E-state index in [0.29, 0.717) is 0 Å². The van der Waals surface area contributed by atoms with Crippen LogP contribution in [0.3, 0.4) is 0 Å². The van der Waals surface area contributed by atoms with Gasteiger partial charge in [-0.15, -0.1) is 0 Å². The predicted molar refractivity (Wildman–Crippen MR) is 70.0 cm³/mol. The molecule has 1 saturated carbocycles. The summed E-state index contributed by atoms with van der Waals surface area (Å²) in [5, 5.41) is 9.31. The molecule has 3 heteroatoms. The molecule has 0 aromatic carbocycles. The van der Waals surface area contributed by atoms with Gasteiger partial charge < -0.3 is 10.0 Å². The molecule has 0 unspecified atom stereocenters. The van der Waals surface area contributed by atoms with Crippen LogP contribution < -0.4 is 4.90 Å². The van der Waals surface area contributed by atoms with Gasteiger partial charge in [0.15, 0.2) is 0 Å². The number of anilines is 1. The van der Waals surface area contributed by atoms with E-state index in [1.54, 1.807) is 12.4 Å². The van der Waals surface area contributed by atoms with Crippen molar-refractivity contribution < 1.29 is 5.11 Å². The Labute approximate surface area is 103 Å². The maximum atomic E-state index is 9.31. The van der Waals surface area contributed by atoms with Gasteiger partial charge >= 0.3 is 0 Å². The Morgan fingerprint density at radius 1 is 1.35 bits per heavy atom. The molecule has 0 aliphatic heterocycles. The molecule has 1 N–H and O–H groups in total. The maximum absolute atomic E-state index is 9.31. The summed E-state index contributed by atoms with van der Waals surface area (Å²) in [6.07, 6.45) is 10.4. The third-order valence-corrected chi connectivity index (χ3v) is 3.72. The van der Waals surface area contributed by atoms with Gasteiger partial charge in [-0.25, -0.2) is 0 Å². The second kappa shape index (κ2) is 6.01. The molecule has 1 aromatic heterocycles. The normalized spacial score (nSPS) is 17.1. The van der Waals surface area contributed by atoms with Crippen molar-refractivity contribution >= 4 is 5.69 Å². The number of pyridine rings is 1. The van der Waals surface area contributed by atoms with Crippen LogP contribution in [-0.4, -0.2) is 23.7 Å². The molecule has 1 aliphatic rings. The summed E-state index contributed by atoms with van der Waals surface area (Å²) in [6.45, 7) is 1.16. The van der Waals surface area contributed by atoms with Crippen LogP contribution in [0.2, 0.25) is 0 Å². The Balaban J connectivity index is 2.00. The van der Waals surface area contributed by atoms with E-state index in [2.05, 4.69) is 16.9 Å². The van der Waals surface area contributed by atoms with Crippen molar-refractivity contribution in [1.29, 1.82) is 0 Å². The zero-order valence-corrected chi connectivity index (χ0v) is 10.6. The lowest BCUT2D eigenvalue weighted by Gasteiger charge is -2.29. The summed E-state index contributed by atoms with van der Waals surface area (Å²) < 4.78 is 0. The van der Waals surface area contributed by atoms with Crippen molar-refractivity contribution in [2.75, 3.05) is 18.5 Å². The second-order valence-electron chi connectivity index (χ2n) is 5.05. The van der Waals surface area contributed by atoms with Gasteiger partial charge in [-0.05, 0) is 24.8 Å². The first-order valence-electron chi connectivity index (χ1n) is 6.56. The summed E-state index contributed by atoms with van der Waals surface area (Å²) in [6, 6.07) is 1.99. The summed E-state index contributed by atoms with van der Waals surface area (Å²) in [4.78, 5) is 6.33. The van der Waals surface area contributed by atoms with Gasteiger partial charge in [-0.3, -0.25) is 4.98 Å². The molecule has 0 saturated heterocycles. The van der Waals surface area contributed by atoms with Crippen LogP contribution in [0.1, 0.15) is 37.7 Å². The number of aliphatic hydroxyl groups is 1. The number of aliphatic hydroxyl groups excluding tert-OH is 1. The fourth-order valence-electron chi connectivity index (χ4n) is 2.77. The largest absolute Gasteiger partial charge is 0.392 e. The third-order valence-electron chi connectivity index (χ3n) is 3.72. The standard InChI is InChI=1S/C14H22N2O/c1-16(10-12-5-3-2-4-6-12)14-7-8-15-9-13(14)11-17/h7-9,12,17H,2-6,10-11H2,1H3. The average molecular weight is 234 g/mol. The van der Waals surface area contributed by atoms with Gasteiger partial charge in [0.05, 0.1) is 6.61 Å². The zero-order chi connectivity index (χ0) is 12.1. The van der Waals surface area contributed by atoms with Crippen LogP contribution >= 0.6 is 0 Å². The molecule has 2 rings (SSSR count). The van der Waals surface area contributed by atoms with Crippen LogP contribution in [-0.2, 0) is 6.61 Å². The molecule has 0 amide bonds. The number of aromatic nitrogens is 1. The lowest BCUT2D eigenvalue weighted by Crippen LogP contribution is -2.27. The van der Waals surface area contributed by atoms with Gasteiger partial charge in [0, 0.05) is 37.2 Å². The van der Waals surface area contributed by atoms with E-state index in [-0.39, 0.29) is 6.61 Å². The molecular weight excluding hydrogens is 212 g/mol. The summed E-state index contributed by atoms with van der Waals surface area (Å²) in [5.41, 5.74) is 2.04. The van der Waals surface area contributed by atoms with Crippen molar-refractivity contribution in [2.24, 2.45) is 5.92 Å². The number of rotatable bonds is 4. The molecule has 0 atom stereocenters. The highest BCUT2D eigenvalue weighted by Crippen LogP contribution is 2.26. The van der Waals surface area contributed by atoms with E-state index in [9.17, 15) is 5.11 Å². The summed E-state index contributed by atoms with van der Waals surface area (Å²) in [7, 11) is 2.11. The lowest BCUT2D eigenvalue weighted by atomic mass is 9.89. The van der Waals surface area contributed by atoms with Crippen molar-refractivity contribution in [3.63, 3.8) is 0 Å². The molecule has 0 bridgehead atoms. The van der Waals surface area contributed by atoms with E-state index in [0.717, 1.165) is 23.7 Å². The zero-order valence-electron chi connectivity index (χ0n) is 10.6. The van der Waals surface area contributed by atoms with Crippen molar-refractivity contribution in [2.45, 2.75) is 38.7 Å². The fourth-order valence-corrected chi connectivity index (χ4v) is 2.77. The minimum atomic E-state index is 0.0676. The van der Waals surface area contributed by atoms with Crippen LogP contribution in [0.4, 0.5) is 5.69 Å². The topological polar surface area (TPSA) is 36.4 Å². The summed E-state index contributed by atoms with van der Waals surface area (Å²) >= 11 is 0. The fraction of sp³-hybridized carbons (Fsp3) is 0.643. The van der Waals surface area contributed by atoms with Crippen LogP contribution in [0.15, 0.2) is 18.5 Å². The Hall–Kier alpha value is -1.09. The molecule has 1 aromatic rings. The predicted octanol–water partition coefficient (Wildman–Crippen LogP) is 2.59. The molecule has 3 nitrogen and oxygen atoms in total. The molecule has 1 heterocycles. The molecular formula is C14H22N2O. The van der Waals surface area contributed by atoms with E-state index < -0.39 is 0 Å². The molecule has 1 fully saturated rings. The monoisotopic (exact) mass is 234 g/mol. The van der Waals surface area contributed by atoms with E-state index in [1.807, 2.05) is 6.07 Å². The molecule has 0 spiro atoms. The van der Waals surface area contributed by atoms with Gasteiger partial charge in [-0.1, -0.05) is 19.3 Å². The second-order valence-corrected chi connectivity index (χ2v) is 5.05. The highest BCUT2D eigenvalue weighted by molar-refractivity contribution is 5.51. The number of hydrogen-bond donors (Lipinski definition) is 1. The van der Waals surface area contributed by atoms with Crippen LogP contribution in [0, 0.1) is 5.92 Å². The molecule has 0 radical (unpaired) electrons. The molecule has 94 valence electrons. The maximum Gasteiger partial charge on any atom is 0.0717 e. The minimum absolute atomic E-state index is 0.0676. The molecule has 17 heavy (non-hydrogen) atoms. The van der Waals surface area contributed by atoms with Gasteiger partial charge in [0.2, 0.25) is 0 Å². The van der Waals surface area contributed by atoms with Crippen molar-refractivity contribution in [3.05, 3.63) is 24.0 Å². The highest BCUT2D eigenvalue weighted by Gasteiger charge is 2.16. The first kappa shape index (κ1) is 12.4. The molecule has 1 aliphatic carbocycles. The van der Waals surface area contributed by atoms with E-state index in [4.69, 9.17) is 0 Å². The van der Waals surface area contributed by atoms with E-state index >= 15 is 0 Å². The van der Waals surface area contributed by atoms with Gasteiger partial charge in [0.1, 0.15) is 0 Å². The van der Waals surface area contributed by atoms with Crippen LogP contribution in [0.5, 0.6) is 0 Å². The van der Waals surface area contributed by atoms with E-state index in [1.165, 1.54) is 32.1 Å². The smallest absolute Gasteiger partial charge is 0.0717 e. The quantitative estimate of drug-likeness (QED) is 0.870. The Bertz CT molecular complexity index is 348. The van der Waals surface area contributed by atoms with Crippen molar-refractivity contribution in [3.8, 4) is 0 Å². The Kier molecular flexibility index (Phi) is 4.37. The Morgan fingerprint density at radius 2 is 2.12 bits per heavy atom. The third kappa shape index (κ3) is 3.19. The summed E-state index contributed by atoms with van der Waals surface area (Å²) in [5.74, 6) is 0.813. The number of nitrogens with zero attached hydrogens (tertiary/aromatic N) is 2.